The van der Waals surface area contributed by atoms with E-state index in [0.29, 0.717) is 11.3 Å². The molecule has 0 aliphatic carbocycles. The molecular weight excluding hydrogens is 284 g/mol. The van der Waals surface area contributed by atoms with Gasteiger partial charge in [-0.1, -0.05) is 0 Å². The van der Waals surface area contributed by atoms with Gasteiger partial charge in [0.05, 0.1) is 0 Å². The zero-order valence-electron chi connectivity index (χ0n) is 12.2. The molecule has 0 bridgehead atoms. The molecule has 114 valence electrons. The number of hydrogen-bond acceptors (Lipinski definition) is 4. The molecule has 3 N–H and O–H groups in total. The zero-order valence-corrected chi connectivity index (χ0v) is 12.2. The lowest BCUT2D eigenvalue weighted by Gasteiger charge is -2.12. The Labute approximate surface area is 127 Å². The molecule has 2 aromatic rings. The van der Waals surface area contributed by atoms with Crippen molar-refractivity contribution in [2.45, 2.75) is 0 Å². The van der Waals surface area contributed by atoms with Crippen molar-refractivity contribution in [2.24, 2.45) is 0 Å². The van der Waals surface area contributed by atoms with Crippen molar-refractivity contribution in [3.63, 3.8) is 0 Å². The average molecular weight is 300 g/mol. The van der Waals surface area contributed by atoms with E-state index in [-0.39, 0.29) is 11.5 Å². The number of aromatic hydroxyl groups is 1. The van der Waals surface area contributed by atoms with E-state index in [1.807, 2.05) is 31.1 Å². The lowest BCUT2D eigenvalue weighted by Crippen LogP contribution is -2.13. The van der Waals surface area contributed by atoms with Crippen LogP contribution in [-0.4, -0.2) is 36.2 Å². The summed E-state index contributed by atoms with van der Waals surface area (Å²) in [4.78, 5) is 24.8. The Morgan fingerprint density at radius 2 is 1.68 bits per heavy atom. The Hall–Kier alpha value is -3.02. The van der Waals surface area contributed by atoms with Crippen LogP contribution in [0.25, 0.3) is 0 Å². The predicted octanol–water partition coefficient (Wildman–Crippen LogP) is 2.41. The number of carboxylic acids is 1. The monoisotopic (exact) mass is 300 g/mol. The molecule has 0 saturated carbocycles. The minimum Gasteiger partial charge on any atom is -0.507 e. The van der Waals surface area contributed by atoms with Gasteiger partial charge in [-0.3, -0.25) is 4.79 Å². The largest absolute Gasteiger partial charge is 0.507 e. The standard InChI is InChI=1S/C16H16N2O4/c1-18(2)12-6-3-10(4-7-12)15(20)17-11-5-8-13(16(21)22)14(19)9-11/h3-9,19H,1-2H3,(H,17,20)(H,21,22). The number of carboxylic acid groups (broad SMARTS) is 1. The molecule has 0 heterocycles. The number of nitrogens with zero attached hydrogens (tertiary/aromatic N) is 1. The van der Waals surface area contributed by atoms with Crippen LogP contribution in [0.5, 0.6) is 5.75 Å². The SMILES string of the molecule is CN(C)c1ccc(C(=O)Nc2ccc(C(=O)O)c(O)c2)cc1. The first-order chi connectivity index (χ1) is 10.4. The van der Waals surface area contributed by atoms with Gasteiger partial charge >= 0.3 is 5.97 Å². The van der Waals surface area contributed by atoms with Gasteiger partial charge in [0.1, 0.15) is 11.3 Å². The summed E-state index contributed by atoms with van der Waals surface area (Å²) in [6.45, 7) is 0. The van der Waals surface area contributed by atoms with Gasteiger partial charge in [0.2, 0.25) is 0 Å². The smallest absolute Gasteiger partial charge is 0.339 e. The van der Waals surface area contributed by atoms with Crippen LogP contribution in [-0.2, 0) is 0 Å². The third kappa shape index (κ3) is 3.35. The van der Waals surface area contributed by atoms with Gasteiger partial charge in [-0.05, 0) is 36.4 Å². The van der Waals surface area contributed by atoms with Gasteiger partial charge in [-0.25, -0.2) is 4.79 Å². The molecule has 0 radical (unpaired) electrons. The number of benzene rings is 2. The van der Waals surface area contributed by atoms with Gasteiger partial charge in [-0.2, -0.15) is 0 Å². The number of anilines is 2. The fourth-order valence-electron chi connectivity index (χ4n) is 1.90. The van der Waals surface area contributed by atoms with Gasteiger partial charge in [-0.15, -0.1) is 0 Å². The molecule has 6 nitrogen and oxygen atoms in total. The van der Waals surface area contributed by atoms with Crippen LogP contribution < -0.4 is 10.2 Å². The lowest BCUT2D eigenvalue weighted by atomic mass is 10.1. The van der Waals surface area contributed by atoms with Crippen molar-refractivity contribution in [3.05, 3.63) is 53.6 Å². The highest BCUT2D eigenvalue weighted by atomic mass is 16.4. The molecule has 6 heteroatoms. The van der Waals surface area contributed by atoms with Crippen molar-refractivity contribution in [2.75, 3.05) is 24.3 Å². The predicted molar refractivity (Wildman–Crippen MR) is 83.8 cm³/mol. The summed E-state index contributed by atoms with van der Waals surface area (Å²) in [5.74, 6) is -1.96. The third-order valence-electron chi connectivity index (χ3n) is 3.13. The van der Waals surface area contributed by atoms with Crippen molar-refractivity contribution in [3.8, 4) is 5.75 Å². The molecule has 0 spiro atoms. The van der Waals surface area contributed by atoms with Crippen molar-refractivity contribution < 1.29 is 19.8 Å². The number of phenols is 1. The molecule has 0 fully saturated rings. The van der Waals surface area contributed by atoms with E-state index in [0.717, 1.165) is 5.69 Å². The molecule has 0 aliphatic rings. The quantitative estimate of drug-likeness (QED) is 0.806. The summed E-state index contributed by atoms with van der Waals surface area (Å²) < 4.78 is 0. The summed E-state index contributed by atoms with van der Waals surface area (Å²) in [6.07, 6.45) is 0. The molecule has 2 rings (SSSR count). The van der Waals surface area contributed by atoms with Crippen LogP contribution in [0.1, 0.15) is 20.7 Å². The maximum absolute atomic E-state index is 12.1. The van der Waals surface area contributed by atoms with E-state index in [4.69, 9.17) is 5.11 Å². The minimum atomic E-state index is -1.23. The van der Waals surface area contributed by atoms with Gasteiger partial charge in [0.15, 0.2) is 0 Å². The first-order valence-electron chi connectivity index (χ1n) is 6.53. The second-order valence-electron chi connectivity index (χ2n) is 4.93. The Kier molecular flexibility index (Phi) is 4.31. The Bertz CT molecular complexity index is 709. The van der Waals surface area contributed by atoms with Crippen LogP contribution in [0.3, 0.4) is 0 Å². The first-order valence-corrected chi connectivity index (χ1v) is 6.53. The van der Waals surface area contributed by atoms with Crippen LogP contribution in [0.15, 0.2) is 42.5 Å². The molecule has 0 aliphatic heterocycles. The molecule has 0 atom stereocenters. The fraction of sp³-hybridized carbons (Fsp3) is 0.125. The molecular formula is C16H16N2O4. The number of aromatic carboxylic acids is 1. The average Bonchev–Trinajstić information content (AvgIpc) is 2.47. The molecule has 0 saturated heterocycles. The number of hydrogen-bond donors (Lipinski definition) is 3. The number of carbonyl (C=O) groups is 2. The second kappa shape index (κ2) is 6.17. The Morgan fingerprint density at radius 1 is 1.05 bits per heavy atom. The number of rotatable bonds is 4. The maximum atomic E-state index is 12.1. The summed E-state index contributed by atoms with van der Waals surface area (Å²) >= 11 is 0. The Morgan fingerprint density at radius 3 is 2.18 bits per heavy atom. The van der Waals surface area contributed by atoms with E-state index < -0.39 is 11.7 Å². The maximum Gasteiger partial charge on any atom is 0.339 e. The van der Waals surface area contributed by atoms with Crippen molar-refractivity contribution in [1.82, 2.24) is 0 Å². The molecule has 2 aromatic carbocycles. The van der Waals surface area contributed by atoms with Crippen LogP contribution in [0.4, 0.5) is 11.4 Å². The van der Waals surface area contributed by atoms with Gasteiger partial charge in [0.25, 0.3) is 5.91 Å². The highest BCUT2D eigenvalue weighted by molar-refractivity contribution is 6.05. The second-order valence-corrected chi connectivity index (χ2v) is 4.93. The van der Waals surface area contributed by atoms with Gasteiger partial charge in [0, 0.05) is 37.1 Å². The molecule has 22 heavy (non-hydrogen) atoms. The van der Waals surface area contributed by atoms with Crippen LogP contribution >= 0.6 is 0 Å². The summed E-state index contributed by atoms with van der Waals surface area (Å²) in [5.41, 5.74) is 1.55. The molecule has 0 aromatic heterocycles. The zero-order chi connectivity index (χ0) is 16.3. The summed E-state index contributed by atoms with van der Waals surface area (Å²) in [6, 6.07) is 10.9. The normalized spacial score (nSPS) is 10.1. The highest BCUT2D eigenvalue weighted by Crippen LogP contribution is 2.22. The van der Waals surface area contributed by atoms with Crippen LogP contribution in [0.2, 0.25) is 0 Å². The number of carbonyl (C=O) groups excluding carboxylic acids is 1. The fourth-order valence-corrected chi connectivity index (χ4v) is 1.90. The first kappa shape index (κ1) is 15.4. The van der Waals surface area contributed by atoms with Gasteiger partial charge < -0.3 is 20.4 Å². The minimum absolute atomic E-state index is 0.215. The highest BCUT2D eigenvalue weighted by Gasteiger charge is 2.12. The topological polar surface area (TPSA) is 89.9 Å². The Balaban J connectivity index is 2.15. The van der Waals surface area contributed by atoms with E-state index >= 15 is 0 Å². The van der Waals surface area contributed by atoms with E-state index in [1.54, 1.807) is 12.1 Å². The molecule has 0 unspecified atom stereocenters. The summed E-state index contributed by atoms with van der Waals surface area (Å²) in [7, 11) is 3.81. The van der Waals surface area contributed by atoms with Crippen molar-refractivity contribution >= 4 is 23.3 Å². The number of nitrogens with one attached hydrogen (secondary N) is 1. The van der Waals surface area contributed by atoms with E-state index in [1.165, 1.54) is 18.2 Å². The third-order valence-corrected chi connectivity index (χ3v) is 3.13. The lowest BCUT2D eigenvalue weighted by molar-refractivity contribution is 0.0693. The van der Waals surface area contributed by atoms with E-state index in [2.05, 4.69) is 5.32 Å². The van der Waals surface area contributed by atoms with Crippen molar-refractivity contribution in [1.29, 1.82) is 0 Å². The number of amides is 1. The van der Waals surface area contributed by atoms with E-state index in [9.17, 15) is 14.7 Å². The van der Waals surface area contributed by atoms with Crippen LogP contribution in [0, 0.1) is 0 Å². The molecule has 1 amide bonds. The summed E-state index contributed by atoms with van der Waals surface area (Å²) in [5, 5.41) is 21.0.